The second kappa shape index (κ2) is 15.3. The number of nitrogens with zero attached hydrogens (tertiary/aromatic N) is 1. The molecule has 0 bridgehead atoms. The number of ether oxygens (including phenoxy) is 1. The van der Waals surface area contributed by atoms with Crippen molar-refractivity contribution in [2.75, 3.05) is 21.9 Å². The zero-order valence-electron chi connectivity index (χ0n) is 24.8. The minimum Gasteiger partial charge on any atom is -0.445 e. The van der Waals surface area contributed by atoms with Crippen LogP contribution in [0.25, 0.3) is 0 Å². The first kappa shape index (κ1) is 35.3. The Morgan fingerprint density at radius 1 is 0.811 bits per heavy atom. The van der Waals surface area contributed by atoms with E-state index in [9.17, 15) is 4.79 Å². The highest BCUT2D eigenvalue weighted by atomic mass is 127. The van der Waals surface area contributed by atoms with Gasteiger partial charge in [-0.15, -0.1) is 0 Å². The lowest BCUT2D eigenvalue weighted by atomic mass is 10.2. The highest BCUT2D eigenvalue weighted by molar-refractivity contribution is 14.1. The van der Waals surface area contributed by atoms with E-state index in [0.29, 0.717) is 13.1 Å². The molecule has 1 aromatic rings. The van der Waals surface area contributed by atoms with E-state index in [1.54, 1.807) is 0 Å². The van der Waals surface area contributed by atoms with E-state index >= 15 is 0 Å². The number of alkyl halides is 2. The van der Waals surface area contributed by atoms with Gasteiger partial charge in [-0.1, -0.05) is 117 Å². The standard InChI is InChI=1S/C28H51I2NO4Si2/c1-27(2,3)36(7,8)34-24(16-18-29)20-31(26(32)33-22-23-14-12-11-13-15-23)21-25(17-19-30)35-37(9,10)28(4,5)6/h11-15,24-25H,16-22H2,1-10H3. The molecule has 0 aliphatic rings. The summed E-state index contributed by atoms with van der Waals surface area (Å²) in [6.07, 6.45) is 1.44. The van der Waals surface area contributed by atoms with Crippen LogP contribution in [0.5, 0.6) is 0 Å². The third-order valence-corrected chi connectivity index (χ3v) is 18.0. The Bertz CT molecular complexity index is 771. The van der Waals surface area contributed by atoms with Gasteiger partial charge in [-0.05, 0) is 54.7 Å². The first-order valence-corrected chi connectivity index (χ1v) is 22.2. The van der Waals surface area contributed by atoms with Crippen molar-refractivity contribution in [3.05, 3.63) is 35.9 Å². The van der Waals surface area contributed by atoms with Crippen LogP contribution < -0.4 is 0 Å². The molecule has 5 nitrogen and oxygen atoms in total. The van der Waals surface area contributed by atoms with Crippen LogP contribution in [0.2, 0.25) is 36.3 Å². The number of amides is 1. The maximum atomic E-state index is 13.5. The number of hydrogen-bond acceptors (Lipinski definition) is 4. The van der Waals surface area contributed by atoms with Gasteiger partial charge in [0.2, 0.25) is 0 Å². The maximum Gasteiger partial charge on any atom is 0.410 e. The van der Waals surface area contributed by atoms with E-state index in [0.717, 1.165) is 27.3 Å². The highest BCUT2D eigenvalue weighted by Gasteiger charge is 2.41. The molecule has 1 aromatic carbocycles. The Hall–Kier alpha value is 0.304. The highest BCUT2D eigenvalue weighted by Crippen LogP contribution is 2.39. The van der Waals surface area contributed by atoms with Crippen LogP contribution in [-0.2, 0) is 20.2 Å². The molecule has 0 aliphatic heterocycles. The van der Waals surface area contributed by atoms with Crippen molar-refractivity contribution in [3.8, 4) is 0 Å². The normalized spacial score (nSPS) is 14.8. The summed E-state index contributed by atoms with van der Waals surface area (Å²) in [7, 11) is -4.01. The van der Waals surface area contributed by atoms with Gasteiger partial charge in [0.05, 0.1) is 12.2 Å². The molecule has 0 N–H and O–H groups in total. The Labute approximate surface area is 256 Å². The molecule has 2 atom stereocenters. The summed E-state index contributed by atoms with van der Waals surface area (Å²) in [5.74, 6) is 0. The summed E-state index contributed by atoms with van der Waals surface area (Å²) in [6, 6.07) is 9.87. The molecule has 9 heteroatoms. The molecule has 214 valence electrons. The minimum absolute atomic E-state index is 0.0322. The van der Waals surface area contributed by atoms with E-state index < -0.39 is 16.6 Å². The zero-order chi connectivity index (χ0) is 28.5. The summed E-state index contributed by atoms with van der Waals surface area (Å²) in [4.78, 5) is 15.4. The van der Waals surface area contributed by atoms with Gasteiger partial charge < -0.3 is 18.5 Å². The molecular weight excluding hydrogens is 724 g/mol. The molecule has 0 saturated heterocycles. The van der Waals surface area contributed by atoms with Gasteiger partial charge >= 0.3 is 6.09 Å². The van der Waals surface area contributed by atoms with Crippen LogP contribution >= 0.6 is 45.2 Å². The van der Waals surface area contributed by atoms with Crippen molar-refractivity contribution >= 4 is 67.9 Å². The first-order valence-electron chi connectivity index (χ1n) is 13.4. The lowest BCUT2D eigenvalue weighted by molar-refractivity contribution is 0.0489. The summed E-state index contributed by atoms with van der Waals surface area (Å²) in [5.41, 5.74) is 0.985. The van der Waals surface area contributed by atoms with Crippen molar-refractivity contribution in [2.45, 2.75) is 109 Å². The molecule has 1 amide bonds. The van der Waals surface area contributed by atoms with Crippen LogP contribution in [0, 0.1) is 0 Å². The van der Waals surface area contributed by atoms with E-state index in [4.69, 9.17) is 13.6 Å². The van der Waals surface area contributed by atoms with Crippen LogP contribution in [-0.4, -0.2) is 61.8 Å². The third-order valence-electron chi connectivity index (χ3n) is 7.71. The molecule has 0 spiro atoms. The van der Waals surface area contributed by atoms with Gasteiger partial charge in [0.15, 0.2) is 16.6 Å². The monoisotopic (exact) mass is 775 g/mol. The molecule has 37 heavy (non-hydrogen) atoms. The van der Waals surface area contributed by atoms with E-state index in [1.165, 1.54) is 0 Å². The summed E-state index contributed by atoms with van der Waals surface area (Å²) >= 11 is 4.82. The molecule has 2 unspecified atom stereocenters. The summed E-state index contributed by atoms with van der Waals surface area (Å²) < 4.78 is 21.5. The van der Waals surface area contributed by atoms with Crippen molar-refractivity contribution in [2.24, 2.45) is 0 Å². The Morgan fingerprint density at radius 3 is 1.57 bits per heavy atom. The number of hydrogen-bond donors (Lipinski definition) is 0. The average molecular weight is 776 g/mol. The van der Waals surface area contributed by atoms with E-state index in [1.807, 2.05) is 35.2 Å². The SMILES string of the molecule is CC(C)(C)[Si](C)(C)OC(CCI)CN(CC(CCI)O[Si](C)(C)C(C)(C)C)C(=O)OCc1ccccc1. The third kappa shape index (κ3) is 12.1. The second-order valence-corrected chi connectivity index (χ2v) is 24.6. The summed E-state index contributed by atoms with van der Waals surface area (Å²) in [5, 5.41) is 0.203. The molecule has 0 radical (unpaired) electrons. The van der Waals surface area contributed by atoms with Crippen LogP contribution in [0.3, 0.4) is 0 Å². The van der Waals surface area contributed by atoms with Crippen molar-refractivity contribution in [1.29, 1.82) is 0 Å². The van der Waals surface area contributed by atoms with Crippen LogP contribution in [0.4, 0.5) is 4.79 Å². The van der Waals surface area contributed by atoms with E-state index in [-0.39, 0.29) is 35.0 Å². The van der Waals surface area contributed by atoms with Gasteiger partial charge in [-0.25, -0.2) is 4.79 Å². The fraction of sp³-hybridized carbons (Fsp3) is 0.750. The molecule has 0 aliphatic carbocycles. The van der Waals surface area contributed by atoms with Crippen molar-refractivity contribution < 1.29 is 18.4 Å². The smallest absolute Gasteiger partial charge is 0.410 e. The molecule has 1 rings (SSSR count). The lowest BCUT2D eigenvalue weighted by Gasteiger charge is -2.42. The first-order chi connectivity index (χ1) is 16.9. The second-order valence-electron chi connectivity index (χ2n) is 12.9. The van der Waals surface area contributed by atoms with Crippen LogP contribution in [0.1, 0.15) is 59.9 Å². The largest absolute Gasteiger partial charge is 0.445 e. The van der Waals surface area contributed by atoms with Crippen molar-refractivity contribution in [1.82, 2.24) is 4.90 Å². The molecular formula is C28H51I2NO4Si2. The number of carbonyl (C=O) groups is 1. The number of halogens is 2. The fourth-order valence-electron chi connectivity index (χ4n) is 3.33. The molecule has 0 heterocycles. The van der Waals surface area contributed by atoms with Gasteiger partial charge in [0.25, 0.3) is 0 Å². The van der Waals surface area contributed by atoms with Crippen LogP contribution in [0.15, 0.2) is 30.3 Å². The average Bonchev–Trinajstić information content (AvgIpc) is 2.76. The number of rotatable bonds is 14. The Morgan fingerprint density at radius 2 is 1.22 bits per heavy atom. The maximum absolute atomic E-state index is 13.5. The summed E-state index contributed by atoms with van der Waals surface area (Å²) in [6.45, 7) is 24.0. The van der Waals surface area contributed by atoms with Gasteiger partial charge in [-0.2, -0.15) is 0 Å². The van der Waals surface area contributed by atoms with Gasteiger partial charge in [-0.3, -0.25) is 0 Å². The number of carbonyl (C=O) groups excluding carboxylic acids is 1. The quantitative estimate of drug-likeness (QED) is 0.108. The van der Waals surface area contributed by atoms with E-state index in [2.05, 4.69) is 113 Å². The zero-order valence-corrected chi connectivity index (χ0v) is 31.1. The minimum atomic E-state index is -2.00. The molecule has 0 saturated carbocycles. The Kier molecular flexibility index (Phi) is 14.7. The fourth-order valence-corrected chi connectivity index (χ4v) is 7.48. The number of benzene rings is 1. The topological polar surface area (TPSA) is 48.0 Å². The molecule has 0 fully saturated rings. The van der Waals surface area contributed by atoms with Crippen molar-refractivity contribution in [3.63, 3.8) is 0 Å². The lowest BCUT2D eigenvalue weighted by Crippen LogP contribution is -2.51. The predicted octanol–water partition coefficient (Wildman–Crippen LogP) is 9.06. The van der Waals surface area contributed by atoms with Gasteiger partial charge in [0.1, 0.15) is 6.61 Å². The Balaban J connectivity index is 3.20. The van der Waals surface area contributed by atoms with Gasteiger partial charge in [0, 0.05) is 21.9 Å². The predicted molar refractivity (Wildman–Crippen MR) is 179 cm³/mol. The molecule has 0 aromatic heterocycles.